The van der Waals surface area contributed by atoms with Crippen LogP contribution in [-0.4, -0.2) is 44.0 Å². The highest BCUT2D eigenvalue weighted by Crippen LogP contribution is 2.42. The average molecular weight is 267 g/mol. The van der Waals surface area contributed by atoms with Crippen LogP contribution in [0.15, 0.2) is 17.3 Å². The zero-order valence-electron chi connectivity index (χ0n) is 10.0. The van der Waals surface area contributed by atoms with E-state index in [1.165, 1.54) is 6.33 Å². The molecule has 0 bridgehead atoms. The summed E-state index contributed by atoms with van der Waals surface area (Å²) in [5.41, 5.74) is 0.973. The lowest BCUT2D eigenvalue weighted by Crippen LogP contribution is -2.25. The minimum Gasteiger partial charge on any atom is -0.396 e. The maximum Gasteiger partial charge on any atom is 0.275 e. The van der Waals surface area contributed by atoms with E-state index < -0.39 is 24.1 Å². The number of H-pyrrole nitrogens is 2. The first-order valence-electron chi connectivity index (χ1n) is 6.11. The maximum atomic E-state index is 14.1. The summed E-state index contributed by atoms with van der Waals surface area (Å²) in [6.45, 7) is -0.256. The molecule has 2 aromatic rings. The zero-order valence-corrected chi connectivity index (χ0v) is 10.0. The molecule has 0 spiro atoms. The number of nitrogens with zero attached hydrogens (tertiary/aromatic N) is 1. The second-order valence-electron chi connectivity index (χ2n) is 4.92. The van der Waals surface area contributed by atoms with Gasteiger partial charge in [0.2, 0.25) is 0 Å². The molecule has 7 heteroatoms. The number of halogens is 1. The number of hydrogen-bond donors (Lipinski definition) is 4. The first-order valence-corrected chi connectivity index (χ1v) is 6.11. The number of fused-ring (bicyclic) bond motifs is 1. The summed E-state index contributed by atoms with van der Waals surface area (Å²) in [6, 6.07) is 0. The first kappa shape index (κ1) is 12.3. The molecule has 0 aliphatic heterocycles. The van der Waals surface area contributed by atoms with Gasteiger partial charge in [-0.05, 0) is 6.42 Å². The number of aromatic amines is 2. The molecule has 0 aromatic carbocycles. The number of aliphatic hydroxyl groups excluding tert-OH is 2. The van der Waals surface area contributed by atoms with Gasteiger partial charge in [0.25, 0.3) is 5.56 Å². The topological polar surface area (TPSA) is 102 Å². The van der Waals surface area contributed by atoms with Gasteiger partial charge in [-0.2, -0.15) is 0 Å². The summed E-state index contributed by atoms with van der Waals surface area (Å²) in [5, 5.41) is 18.8. The van der Waals surface area contributed by atoms with Crippen molar-refractivity contribution in [3.63, 3.8) is 0 Å². The van der Waals surface area contributed by atoms with Crippen molar-refractivity contribution in [1.82, 2.24) is 15.0 Å². The molecule has 0 saturated heterocycles. The van der Waals surface area contributed by atoms with Crippen LogP contribution in [-0.2, 0) is 0 Å². The smallest absolute Gasteiger partial charge is 0.275 e. The van der Waals surface area contributed by atoms with E-state index in [0.29, 0.717) is 23.0 Å². The lowest BCUT2D eigenvalue weighted by Gasteiger charge is -2.13. The molecule has 102 valence electrons. The Hall–Kier alpha value is -1.73. The van der Waals surface area contributed by atoms with E-state index in [4.69, 9.17) is 5.11 Å². The second kappa shape index (κ2) is 4.43. The Morgan fingerprint density at radius 1 is 1.47 bits per heavy atom. The maximum absolute atomic E-state index is 14.1. The molecule has 1 fully saturated rings. The number of alkyl halides is 1. The third-order valence-corrected chi connectivity index (χ3v) is 3.88. The minimum absolute atomic E-state index is 0.256. The van der Waals surface area contributed by atoms with Crippen LogP contribution in [0.1, 0.15) is 17.9 Å². The molecule has 2 heterocycles. The Bertz CT molecular complexity index is 653. The molecule has 19 heavy (non-hydrogen) atoms. The van der Waals surface area contributed by atoms with Crippen LogP contribution in [0.3, 0.4) is 0 Å². The molecule has 1 aliphatic carbocycles. The van der Waals surface area contributed by atoms with E-state index in [9.17, 15) is 14.3 Å². The van der Waals surface area contributed by atoms with Crippen molar-refractivity contribution in [2.24, 2.45) is 5.92 Å². The number of aliphatic hydroxyl groups is 2. The van der Waals surface area contributed by atoms with Gasteiger partial charge >= 0.3 is 0 Å². The summed E-state index contributed by atoms with van der Waals surface area (Å²) >= 11 is 0. The van der Waals surface area contributed by atoms with Gasteiger partial charge in [-0.25, -0.2) is 9.37 Å². The lowest BCUT2D eigenvalue weighted by molar-refractivity contribution is 0.0434. The van der Waals surface area contributed by atoms with Crippen molar-refractivity contribution in [2.75, 3.05) is 6.61 Å². The Labute approximate surface area is 107 Å². The zero-order chi connectivity index (χ0) is 13.6. The lowest BCUT2D eigenvalue weighted by atomic mass is 9.97. The van der Waals surface area contributed by atoms with Gasteiger partial charge in [0, 0.05) is 30.2 Å². The Morgan fingerprint density at radius 2 is 2.26 bits per heavy atom. The minimum atomic E-state index is -1.46. The fourth-order valence-corrected chi connectivity index (χ4v) is 2.83. The monoisotopic (exact) mass is 267 g/mol. The van der Waals surface area contributed by atoms with Crippen molar-refractivity contribution >= 4 is 11.0 Å². The van der Waals surface area contributed by atoms with Crippen molar-refractivity contribution in [3.8, 4) is 0 Å². The summed E-state index contributed by atoms with van der Waals surface area (Å²) < 4.78 is 14.1. The fraction of sp³-hybridized carbons (Fsp3) is 0.500. The van der Waals surface area contributed by atoms with Gasteiger partial charge in [0.05, 0.1) is 17.9 Å². The van der Waals surface area contributed by atoms with Crippen molar-refractivity contribution in [3.05, 3.63) is 28.4 Å². The van der Waals surface area contributed by atoms with E-state index in [0.717, 1.165) is 0 Å². The fourth-order valence-electron chi connectivity index (χ4n) is 2.83. The Balaban J connectivity index is 2.06. The molecule has 3 rings (SSSR count). The molecule has 0 radical (unpaired) electrons. The summed E-state index contributed by atoms with van der Waals surface area (Å²) in [7, 11) is 0. The van der Waals surface area contributed by atoms with Crippen LogP contribution in [0, 0.1) is 5.92 Å². The van der Waals surface area contributed by atoms with Crippen molar-refractivity contribution < 1.29 is 14.6 Å². The number of nitrogens with one attached hydrogen (secondary N) is 2. The van der Waals surface area contributed by atoms with Gasteiger partial charge in [-0.1, -0.05) is 0 Å². The van der Waals surface area contributed by atoms with Gasteiger partial charge in [-0.3, -0.25) is 4.79 Å². The molecule has 1 aliphatic rings. The predicted molar refractivity (Wildman–Crippen MR) is 65.6 cm³/mol. The molecule has 2 aromatic heterocycles. The summed E-state index contributed by atoms with van der Waals surface area (Å²) in [5.74, 6) is -1.04. The third-order valence-electron chi connectivity index (χ3n) is 3.88. The van der Waals surface area contributed by atoms with Crippen LogP contribution < -0.4 is 5.56 Å². The van der Waals surface area contributed by atoms with Crippen molar-refractivity contribution in [2.45, 2.75) is 24.6 Å². The SMILES string of the molecule is O=c1[nH]cnc2c([C@@H]3C[C@H](CO)[C@@H](O)[C@H]3F)c[nH]c12. The Kier molecular flexibility index (Phi) is 2.87. The number of aromatic nitrogens is 3. The highest BCUT2D eigenvalue weighted by molar-refractivity contribution is 5.78. The Morgan fingerprint density at radius 3 is 2.95 bits per heavy atom. The second-order valence-corrected chi connectivity index (χ2v) is 4.92. The summed E-state index contributed by atoms with van der Waals surface area (Å²) in [6.07, 6.45) is 0.514. The number of rotatable bonds is 2. The molecule has 4 N–H and O–H groups in total. The van der Waals surface area contributed by atoms with Crippen LogP contribution in [0.4, 0.5) is 4.39 Å². The van der Waals surface area contributed by atoms with Crippen molar-refractivity contribution in [1.29, 1.82) is 0 Å². The average Bonchev–Trinajstić information content (AvgIpc) is 2.94. The highest BCUT2D eigenvalue weighted by atomic mass is 19.1. The molecular formula is C12H14FN3O3. The van der Waals surface area contributed by atoms with E-state index in [2.05, 4.69) is 15.0 Å². The van der Waals surface area contributed by atoms with E-state index >= 15 is 0 Å². The first-order chi connectivity index (χ1) is 9.13. The molecule has 1 saturated carbocycles. The predicted octanol–water partition coefficient (Wildman–Crippen LogP) is 0.0460. The van der Waals surface area contributed by atoms with Crippen LogP contribution >= 0.6 is 0 Å². The standard InChI is InChI=1S/C12H14FN3O3/c13-8-6(1-5(3-17)11(8)18)7-2-14-10-9(7)15-4-16-12(10)19/h2,4-6,8,11,14,17-18H,1,3H2,(H,15,16,19)/t5-,6+,8+,11-/m1/s1. The quantitative estimate of drug-likeness (QED) is 0.617. The van der Waals surface area contributed by atoms with Gasteiger partial charge in [0.15, 0.2) is 0 Å². The van der Waals surface area contributed by atoms with Gasteiger partial charge in [-0.15, -0.1) is 0 Å². The largest absolute Gasteiger partial charge is 0.396 e. The van der Waals surface area contributed by atoms with Gasteiger partial charge in [0.1, 0.15) is 11.7 Å². The van der Waals surface area contributed by atoms with Crippen LogP contribution in [0.2, 0.25) is 0 Å². The van der Waals surface area contributed by atoms with Crippen LogP contribution in [0.25, 0.3) is 11.0 Å². The van der Waals surface area contributed by atoms with Gasteiger partial charge < -0.3 is 20.2 Å². The highest BCUT2D eigenvalue weighted by Gasteiger charge is 2.44. The molecule has 4 atom stereocenters. The van der Waals surface area contributed by atoms with Crippen LogP contribution in [0.5, 0.6) is 0 Å². The molecular weight excluding hydrogens is 253 g/mol. The normalized spacial score (nSPS) is 31.1. The van der Waals surface area contributed by atoms with E-state index in [1.807, 2.05) is 0 Å². The molecule has 6 nitrogen and oxygen atoms in total. The molecule has 0 unspecified atom stereocenters. The third kappa shape index (κ3) is 1.77. The molecule has 0 amide bonds. The van der Waals surface area contributed by atoms with E-state index in [-0.39, 0.29) is 12.2 Å². The summed E-state index contributed by atoms with van der Waals surface area (Å²) in [4.78, 5) is 20.8. The van der Waals surface area contributed by atoms with E-state index in [1.54, 1.807) is 6.20 Å². The number of hydrogen-bond acceptors (Lipinski definition) is 4.